The van der Waals surface area contributed by atoms with E-state index in [4.69, 9.17) is 27.9 Å². The largest absolute Gasteiger partial charge is 0.452 e. The fourth-order valence-electron chi connectivity index (χ4n) is 2.01. The van der Waals surface area contributed by atoms with E-state index in [0.717, 1.165) is 6.07 Å². The number of ether oxygens (including phenoxy) is 1. The van der Waals surface area contributed by atoms with Crippen molar-refractivity contribution in [2.75, 3.05) is 11.9 Å². The molecule has 0 aromatic heterocycles. The number of nitrogens with zero attached hydrogens (tertiary/aromatic N) is 1. The highest BCUT2D eigenvalue weighted by atomic mass is 35.5. The number of nitro groups is 1. The predicted octanol–water partition coefficient (Wildman–Crippen LogP) is 4.72. The van der Waals surface area contributed by atoms with E-state index in [1.165, 1.54) is 18.2 Å². The Bertz CT molecular complexity index is 950. The first kappa shape index (κ1) is 21.5. The Hall–Kier alpha value is -2.85. The normalized spacial score (nSPS) is 11.0. The standard InChI is InChI=1S/C16H9Cl2F3N2O5/c17-9-2-3-11(18)10(6-9)15(25)28-7-14(24)22-12-4-1-8(16(19,20)21)5-13(12)23(26)27/h1-6H,7H2,(H,22,24). The second-order valence-electron chi connectivity index (χ2n) is 5.24. The molecule has 7 nitrogen and oxygen atoms in total. The van der Waals surface area contributed by atoms with Gasteiger partial charge in [0.05, 0.1) is 21.1 Å². The van der Waals surface area contributed by atoms with Crippen LogP contribution in [-0.4, -0.2) is 23.4 Å². The number of nitro benzene ring substituents is 1. The number of amides is 1. The number of hydrogen-bond donors (Lipinski definition) is 1. The Morgan fingerprint density at radius 3 is 2.43 bits per heavy atom. The first-order valence-corrected chi connectivity index (χ1v) is 8.02. The first-order valence-electron chi connectivity index (χ1n) is 7.26. The molecule has 12 heteroatoms. The minimum absolute atomic E-state index is 0.0215. The second-order valence-corrected chi connectivity index (χ2v) is 6.08. The van der Waals surface area contributed by atoms with Crippen LogP contribution >= 0.6 is 23.2 Å². The fraction of sp³-hybridized carbons (Fsp3) is 0.125. The van der Waals surface area contributed by atoms with Gasteiger partial charge in [-0.05, 0) is 30.3 Å². The molecule has 1 amide bonds. The summed E-state index contributed by atoms with van der Waals surface area (Å²) in [6.45, 7) is -0.861. The van der Waals surface area contributed by atoms with Gasteiger partial charge in [0.1, 0.15) is 5.69 Å². The summed E-state index contributed by atoms with van der Waals surface area (Å²) in [7, 11) is 0. The van der Waals surface area contributed by atoms with Gasteiger partial charge in [0.15, 0.2) is 6.61 Å². The molecule has 0 saturated carbocycles. The van der Waals surface area contributed by atoms with Gasteiger partial charge in [0.25, 0.3) is 11.6 Å². The maximum Gasteiger partial charge on any atom is 0.416 e. The lowest BCUT2D eigenvalue weighted by Gasteiger charge is -2.10. The SMILES string of the molecule is O=C(COC(=O)c1cc(Cl)ccc1Cl)Nc1ccc(C(F)(F)F)cc1[N+](=O)[O-]. The van der Waals surface area contributed by atoms with Gasteiger partial charge in [-0.15, -0.1) is 0 Å². The van der Waals surface area contributed by atoms with Crippen LogP contribution < -0.4 is 5.32 Å². The maximum absolute atomic E-state index is 12.7. The van der Waals surface area contributed by atoms with Crippen molar-refractivity contribution in [1.82, 2.24) is 0 Å². The van der Waals surface area contributed by atoms with E-state index in [1.54, 1.807) is 0 Å². The van der Waals surface area contributed by atoms with Gasteiger partial charge in [0, 0.05) is 11.1 Å². The van der Waals surface area contributed by atoms with Crippen molar-refractivity contribution in [2.45, 2.75) is 6.18 Å². The second kappa shape index (κ2) is 8.44. The van der Waals surface area contributed by atoms with Crippen molar-refractivity contribution in [2.24, 2.45) is 0 Å². The maximum atomic E-state index is 12.7. The minimum atomic E-state index is -4.79. The third kappa shape index (κ3) is 5.33. The molecule has 0 saturated heterocycles. The number of anilines is 1. The molecular formula is C16H9Cl2F3N2O5. The monoisotopic (exact) mass is 436 g/mol. The van der Waals surface area contributed by atoms with Crippen LogP contribution in [0.25, 0.3) is 0 Å². The summed E-state index contributed by atoms with van der Waals surface area (Å²) in [5.41, 5.74) is -2.81. The third-order valence-electron chi connectivity index (χ3n) is 3.28. The van der Waals surface area contributed by atoms with Crippen LogP contribution in [0.4, 0.5) is 24.5 Å². The van der Waals surface area contributed by atoms with Gasteiger partial charge in [-0.25, -0.2) is 4.79 Å². The average Bonchev–Trinajstić information content (AvgIpc) is 2.60. The molecule has 148 valence electrons. The summed E-state index contributed by atoms with van der Waals surface area (Å²) in [5, 5.41) is 13.2. The summed E-state index contributed by atoms with van der Waals surface area (Å²) in [4.78, 5) is 33.7. The van der Waals surface area contributed by atoms with E-state index in [0.29, 0.717) is 6.07 Å². The van der Waals surface area contributed by atoms with Gasteiger partial charge >= 0.3 is 12.1 Å². The summed E-state index contributed by atoms with van der Waals surface area (Å²) in [5.74, 6) is -1.99. The predicted molar refractivity (Wildman–Crippen MR) is 93.5 cm³/mol. The lowest BCUT2D eigenvalue weighted by atomic mass is 10.1. The molecule has 0 spiro atoms. The van der Waals surface area contributed by atoms with Gasteiger partial charge in [-0.3, -0.25) is 14.9 Å². The highest BCUT2D eigenvalue weighted by Crippen LogP contribution is 2.35. The average molecular weight is 437 g/mol. The summed E-state index contributed by atoms with van der Waals surface area (Å²) >= 11 is 11.5. The number of carbonyl (C=O) groups excluding carboxylic acids is 2. The van der Waals surface area contributed by atoms with E-state index in [1.807, 2.05) is 5.32 Å². The molecule has 0 aliphatic heterocycles. The quantitative estimate of drug-likeness (QED) is 0.415. The number of halogens is 5. The topological polar surface area (TPSA) is 98.5 Å². The Kier molecular flexibility index (Phi) is 6.47. The molecule has 0 radical (unpaired) electrons. The molecule has 1 N–H and O–H groups in total. The number of hydrogen-bond acceptors (Lipinski definition) is 5. The van der Waals surface area contributed by atoms with Crippen LogP contribution in [-0.2, 0) is 15.7 Å². The molecule has 0 heterocycles. The zero-order chi connectivity index (χ0) is 21.1. The molecule has 2 aromatic rings. The zero-order valence-corrected chi connectivity index (χ0v) is 15.1. The Morgan fingerprint density at radius 1 is 1.14 bits per heavy atom. The molecule has 2 rings (SSSR count). The molecule has 0 aliphatic carbocycles. The highest BCUT2D eigenvalue weighted by Gasteiger charge is 2.33. The van der Waals surface area contributed by atoms with Gasteiger partial charge in [-0.2, -0.15) is 13.2 Å². The molecule has 0 aliphatic rings. The van der Waals surface area contributed by atoms with E-state index < -0.39 is 46.5 Å². The van der Waals surface area contributed by atoms with Crippen LogP contribution in [0.3, 0.4) is 0 Å². The van der Waals surface area contributed by atoms with Crippen molar-refractivity contribution < 1.29 is 32.4 Å². The molecule has 0 fully saturated rings. The molecule has 0 bridgehead atoms. The number of alkyl halides is 3. The fourth-order valence-corrected chi connectivity index (χ4v) is 2.38. The Balaban J connectivity index is 2.09. The van der Waals surface area contributed by atoms with Crippen molar-refractivity contribution in [3.05, 3.63) is 67.7 Å². The smallest absolute Gasteiger partial charge is 0.416 e. The van der Waals surface area contributed by atoms with Crippen molar-refractivity contribution in [3.8, 4) is 0 Å². The zero-order valence-electron chi connectivity index (χ0n) is 13.5. The molecule has 0 atom stereocenters. The van der Waals surface area contributed by atoms with E-state index in [9.17, 15) is 32.9 Å². The summed E-state index contributed by atoms with van der Waals surface area (Å²) in [6.07, 6.45) is -4.79. The number of nitrogens with one attached hydrogen (secondary N) is 1. The third-order valence-corrected chi connectivity index (χ3v) is 3.84. The molecule has 2 aromatic carbocycles. The van der Waals surface area contributed by atoms with Crippen LogP contribution in [0.15, 0.2) is 36.4 Å². The van der Waals surface area contributed by atoms with Gasteiger partial charge in [0.2, 0.25) is 0 Å². The van der Waals surface area contributed by atoms with Crippen LogP contribution in [0.1, 0.15) is 15.9 Å². The highest BCUT2D eigenvalue weighted by molar-refractivity contribution is 6.35. The van der Waals surface area contributed by atoms with Crippen molar-refractivity contribution >= 4 is 46.5 Å². The van der Waals surface area contributed by atoms with Crippen molar-refractivity contribution in [1.29, 1.82) is 0 Å². The number of carbonyl (C=O) groups is 2. The summed E-state index contributed by atoms with van der Waals surface area (Å²) in [6, 6.07) is 5.57. The number of rotatable bonds is 5. The molecule has 0 unspecified atom stereocenters. The van der Waals surface area contributed by atoms with Gasteiger partial charge in [-0.1, -0.05) is 23.2 Å². The Labute approximate surface area is 165 Å². The Morgan fingerprint density at radius 2 is 1.82 bits per heavy atom. The molecule has 28 heavy (non-hydrogen) atoms. The molecular weight excluding hydrogens is 428 g/mol. The van der Waals surface area contributed by atoms with E-state index >= 15 is 0 Å². The number of benzene rings is 2. The van der Waals surface area contributed by atoms with E-state index in [-0.39, 0.29) is 21.7 Å². The lowest BCUT2D eigenvalue weighted by molar-refractivity contribution is -0.384. The summed E-state index contributed by atoms with van der Waals surface area (Å²) < 4.78 is 42.7. The van der Waals surface area contributed by atoms with Crippen LogP contribution in [0, 0.1) is 10.1 Å². The van der Waals surface area contributed by atoms with Crippen molar-refractivity contribution in [3.63, 3.8) is 0 Å². The van der Waals surface area contributed by atoms with Crippen LogP contribution in [0.5, 0.6) is 0 Å². The van der Waals surface area contributed by atoms with Gasteiger partial charge < -0.3 is 10.1 Å². The van der Waals surface area contributed by atoms with Crippen LogP contribution in [0.2, 0.25) is 10.0 Å². The first-order chi connectivity index (χ1) is 13.0. The minimum Gasteiger partial charge on any atom is -0.452 e. The number of esters is 1. The van der Waals surface area contributed by atoms with E-state index in [2.05, 4.69) is 0 Å². The lowest BCUT2D eigenvalue weighted by Crippen LogP contribution is -2.21.